The molecule has 0 saturated heterocycles. The SMILES string of the molecule is Cc1cc(C(=O)N2CCc3c(nn(C)c3-c3cc(C(F)(F)F)nn3C)C2C)c2ccccc2n1. The number of aromatic nitrogens is 5. The number of pyridine rings is 1. The zero-order valence-electron chi connectivity index (χ0n) is 19.2. The molecule has 0 radical (unpaired) electrons. The van der Waals surface area contributed by atoms with Crippen LogP contribution in [0.3, 0.4) is 0 Å². The average Bonchev–Trinajstić information content (AvgIpc) is 3.32. The van der Waals surface area contributed by atoms with E-state index < -0.39 is 11.9 Å². The van der Waals surface area contributed by atoms with Crippen LogP contribution >= 0.6 is 0 Å². The molecule has 0 spiro atoms. The number of halogens is 3. The summed E-state index contributed by atoms with van der Waals surface area (Å²) in [6.45, 7) is 4.17. The third kappa shape index (κ3) is 3.44. The number of benzene rings is 1. The van der Waals surface area contributed by atoms with Crippen LogP contribution in [0.1, 0.15) is 46.0 Å². The van der Waals surface area contributed by atoms with Gasteiger partial charge in [-0.1, -0.05) is 18.2 Å². The molecule has 176 valence electrons. The summed E-state index contributed by atoms with van der Waals surface area (Å²) < 4.78 is 42.5. The summed E-state index contributed by atoms with van der Waals surface area (Å²) in [6.07, 6.45) is -4.06. The van der Waals surface area contributed by atoms with Crippen molar-refractivity contribution in [3.05, 3.63) is 64.6 Å². The Morgan fingerprint density at radius 3 is 2.53 bits per heavy atom. The Hall–Kier alpha value is -3.69. The molecule has 34 heavy (non-hydrogen) atoms. The third-order valence-corrected chi connectivity index (χ3v) is 6.39. The lowest BCUT2D eigenvalue weighted by Gasteiger charge is -2.33. The predicted molar refractivity (Wildman–Crippen MR) is 120 cm³/mol. The van der Waals surface area contributed by atoms with Crippen LogP contribution in [0.25, 0.3) is 22.3 Å². The summed E-state index contributed by atoms with van der Waals surface area (Å²) in [5.74, 6) is -0.119. The monoisotopic (exact) mass is 468 g/mol. The van der Waals surface area contributed by atoms with Gasteiger partial charge in [-0.2, -0.15) is 23.4 Å². The van der Waals surface area contributed by atoms with E-state index in [4.69, 9.17) is 0 Å². The van der Waals surface area contributed by atoms with Crippen molar-refractivity contribution in [1.82, 2.24) is 29.4 Å². The summed E-state index contributed by atoms with van der Waals surface area (Å²) in [4.78, 5) is 19.9. The maximum atomic E-state index is 13.6. The van der Waals surface area contributed by atoms with Gasteiger partial charge in [0.15, 0.2) is 5.69 Å². The van der Waals surface area contributed by atoms with E-state index >= 15 is 0 Å². The van der Waals surface area contributed by atoms with Crippen molar-refractivity contribution in [3.8, 4) is 11.4 Å². The minimum Gasteiger partial charge on any atom is -0.330 e. The minimum absolute atomic E-state index is 0.119. The maximum Gasteiger partial charge on any atom is 0.435 e. The van der Waals surface area contributed by atoms with E-state index in [1.54, 1.807) is 22.7 Å². The van der Waals surface area contributed by atoms with Crippen molar-refractivity contribution >= 4 is 16.8 Å². The summed E-state index contributed by atoms with van der Waals surface area (Å²) in [6, 6.07) is 10.0. The van der Waals surface area contributed by atoms with Gasteiger partial charge in [0.2, 0.25) is 0 Å². The van der Waals surface area contributed by atoms with Gasteiger partial charge < -0.3 is 4.90 Å². The lowest BCUT2D eigenvalue weighted by molar-refractivity contribution is -0.141. The van der Waals surface area contributed by atoms with Crippen molar-refractivity contribution in [2.45, 2.75) is 32.5 Å². The molecule has 4 aromatic rings. The van der Waals surface area contributed by atoms with E-state index in [0.29, 0.717) is 35.6 Å². The van der Waals surface area contributed by atoms with Crippen molar-refractivity contribution in [2.75, 3.05) is 6.54 Å². The second kappa shape index (κ2) is 7.68. The number of alkyl halides is 3. The lowest BCUT2D eigenvalue weighted by Crippen LogP contribution is -2.39. The summed E-state index contributed by atoms with van der Waals surface area (Å²) in [7, 11) is 3.19. The quantitative estimate of drug-likeness (QED) is 0.436. The molecule has 1 atom stereocenters. The van der Waals surface area contributed by atoms with Gasteiger partial charge in [0.05, 0.1) is 34.2 Å². The van der Waals surface area contributed by atoms with Gasteiger partial charge in [-0.25, -0.2) is 0 Å². The van der Waals surface area contributed by atoms with E-state index in [1.165, 1.54) is 11.7 Å². The smallest absolute Gasteiger partial charge is 0.330 e. The normalized spacial score (nSPS) is 16.2. The van der Waals surface area contributed by atoms with E-state index in [9.17, 15) is 18.0 Å². The highest BCUT2D eigenvalue weighted by Crippen LogP contribution is 2.38. The Labute approximate surface area is 193 Å². The first-order valence-corrected chi connectivity index (χ1v) is 10.9. The molecule has 3 aromatic heterocycles. The number of nitrogens with zero attached hydrogens (tertiary/aromatic N) is 6. The van der Waals surface area contributed by atoms with Crippen LogP contribution in [0, 0.1) is 6.92 Å². The zero-order chi connectivity index (χ0) is 24.4. The Kier molecular flexibility index (Phi) is 5.00. The molecule has 1 aromatic carbocycles. The van der Waals surface area contributed by atoms with Crippen molar-refractivity contribution in [2.24, 2.45) is 14.1 Å². The highest BCUT2D eigenvalue weighted by atomic mass is 19.4. The number of carbonyl (C=O) groups is 1. The summed E-state index contributed by atoms with van der Waals surface area (Å²) in [5.41, 5.74) is 3.60. The van der Waals surface area contributed by atoms with Gasteiger partial charge in [-0.3, -0.25) is 19.1 Å². The highest BCUT2D eigenvalue weighted by Gasteiger charge is 2.37. The molecule has 1 amide bonds. The Morgan fingerprint density at radius 2 is 1.82 bits per heavy atom. The number of para-hydroxylation sites is 1. The Balaban J connectivity index is 1.54. The minimum atomic E-state index is -4.53. The molecule has 7 nitrogen and oxygen atoms in total. The fourth-order valence-electron chi connectivity index (χ4n) is 4.81. The average molecular weight is 468 g/mol. The molecule has 1 aliphatic rings. The molecule has 0 bridgehead atoms. The van der Waals surface area contributed by atoms with Crippen LogP contribution in [-0.4, -0.2) is 41.9 Å². The van der Waals surface area contributed by atoms with Crippen LogP contribution in [0.2, 0.25) is 0 Å². The first kappa shape index (κ1) is 22.1. The van der Waals surface area contributed by atoms with Crippen LogP contribution in [0.5, 0.6) is 0 Å². The molecular formula is C24H23F3N6O. The lowest BCUT2D eigenvalue weighted by atomic mass is 9.96. The summed E-state index contributed by atoms with van der Waals surface area (Å²) >= 11 is 0. The maximum absolute atomic E-state index is 13.6. The van der Waals surface area contributed by atoms with Gasteiger partial charge in [0.25, 0.3) is 5.91 Å². The fraction of sp³-hybridized carbons (Fsp3) is 0.333. The molecule has 5 rings (SSSR count). The largest absolute Gasteiger partial charge is 0.435 e. The van der Waals surface area contributed by atoms with E-state index in [2.05, 4.69) is 15.2 Å². The number of hydrogen-bond donors (Lipinski definition) is 0. The molecule has 0 aliphatic carbocycles. The van der Waals surface area contributed by atoms with Gasteiger partial charge in [0, 0.05) is 37.3 Å². The van der Waals surface area contributed by atoms with Crippen LogP contribution in [0.15, 0.2) is 36.4 Å². The molecule has 1 unspecified atom stereocenters. The van der Waals surface area contributed by atoms with E-state index in [-0.39, 0.29) is 11.9 Å². The van der Waals surface area contributed by atoms with Crippen molar-refractivity contribution < 1.29 is 18.0 Å². The summed E-state index contributed by atoms with van der Waals surface area (Å²) in [5, 5.41) is 9.05. The topological polar surface area (TPSA) is 68.8 Å². The first-order valence-electron chi connectivity index (χ1n) is 10.9. The third-order valence-electron chi connectivity index (χ3n) is 6.39. The molecule has 0 N–H and O–H groups in total. The predicted octanol–water partition coefficient (Wildman–Crippen LogP) is 4.46. The molecule has 0 fully saturated rings. The molecule has 10 heteroatoms. The van der Waals surface area contributed by atoms with Crippen molar-refractivity contribution in [1.29, 1.82) is 0 Å². The van der Waals surface area contributed by atoms with Crippen LogP contribution in [0.4, 0.5) is 13.2 Å². The molecular weight excluding hydrogens is 445 g/mol. The van der Waals surface area contributed by atoms with E-state index in [1.807, 2.05) is 38.1 Å². The number of amides is 1. The number of carbonyl (C=O) groups excluding carboxylic acids is 1. The number of rotatable bonds is 2. The highest BCUT2D eigenvalue weighted by molar-refractivity contribution is 6.06. The van der Waals surface area contributed by atoms with Crippen LogP contribution < -0.4 is 0 Å². The number of fused-ring (bicyclic) bond motifs is 2. The number of hydrogen-bond acceptors (Lipinski definition) is 4. The van der Waals surface area contributed by atoms with Gasteiger partial charge in [0.1, 0.15) is 0 Å². The number of aryl methyl sites for hydroxylation is 3. The molecule has 1 aliphatic heterocycles. The second-order valence-corrected chi connectivity index (χ2v) is 8.63. The van der Waals surface area contributed by atoms with Gasteiger partial charge in [-0.15, -0.1) is 0 Å². The second-order valence-electron chi connectivity index (χ2n) is 8.63. The van der Waals surface area contributed by atoms with Gasteiger partial charge >= 0.3 is 6.18 Å². The Bertz CT molecular complexity index is 1430. The van der Waals surface area contributed by atoms with E-state index in [0.717, 1.165) is 28.2 Å². The first-order chi connectivity index (χ1) is 16.1. The van der Waals surface area contributed by atoms with Crippen molar-refractivity contribution in [3.63, 3.8) is 0 Å². The van der Waals surface area contributed by atoms with Gasteiger partial charge in [-0.05, 0) is 38.5 Å². The van der Waals surface area contributed by atoms with Crippen LogP contribution in [-0.2, 0) is 26.7 Å². The molecule has 4 heterocycles. The fourth-order valence-corrected chi connectivity index (χ4v) is 4.81. The standard InChI is InChI=1S/C24H23F3N6O/c1-13-11-17(15-7-5-6-8-18(15)28-13)23(34)33-10-9-16-21(14(33)2)30-32(4)22(16)19-12-20(24(25,26)27)29-31(19)3/h5-8,11-12,14H,9-10H2,1-4H3. The zero-order valence-corrected chi connectivity index (χ0v) is 19.2. The molecule has 0 saturated carbocycles. The Morgan fingerprint density at radius 1 is 1.09 bits per heavy atom.